The van der Waals surface area contributed by atoms with E-state index in [1.807, 2.05) is 0 Å². The Morgan fingerprint density at radius 3 is 2.65 bits per heavy atom. The van der Waals surface area contributed by atoms with Crippen LogP contribution < -0.4 is 4.90 Å². The summed E-state index contributed by atoms with van der Waals surface area (Å²) in [5, 5.41) is 9.62. The van der Waals surface area contributed by atoms with Crippen molar-refractivity contribution in [1.82, 2.24) is 4.90 Å². The number of anilines is 1. The molecule has 1 saturated heterocycles. The first kappa shape index (κ1) is 13.9. The molecule has 1 aliphatic heterocycles. The van der Waals surface area contributed by atoms with Crippen molar-refractivity contribution >= 4 is 5.69 Å². The van der Waals surface area contributed by atoms with Gasteiger partial charge in [-0.25, -0.2) is 0 Å². The number of para-hydroxylation sites is 1. The summed E-state index contributed by atoms with van der Waals surface area (Å²) in [6.45, 7) is 3.66. The smallest absolute Gasteiger partial charge is 0.0499 e. The molecule has 3 heteroatoms. The summed E-state index contributed by atoms with van der Waals surface area (Å²) < 4.78 is 0. The first-order valence-corrected chi connectivity index (χ1v) is 7.84. The quantitative estimate of drug-likeness (QED) is 0.893. The van der Waals surface area contributed by atoms with Crippen LogP contribution in [0, 0.1) is 5.41 Å². The zero-order valence-corrected chi connectivity index (χ0v) is 12.5. The van der Waals surface area contributed by atoms with Crippen LogP contribution in [0.25, 0.3) is 0 Å². The van der Waals surface area contributed by atoms with Crippen molar-refractivity contribution < 1.29 is 5.11 Å². The lowest BCUT2D eigenvalue weighted by Gasteiger charge is -2.44. The molecule has 110 valence electrons. The van der Waals surface area contributed by atoms with Crippen LogP contribution >= 0.6 is 0 Å². The predicted octanol–water partition coefficient (Wildman–Crippen LogP) is 2.36. The van der Waals surface area contributed by atoms with Gasteiger partial charge in [0.25, 0.3) is 0 Å². The van der Waals surface area contributed by atoms with Gasteiger partial charge in [0.15, 0.2) is 0 Å². The van der Waals surface area contributed by atoms with Gasteiger partial charge in [-0.15, -0.1) is 0 Å². The molecule has 2 fully saturated rings. The predicted molar refractivity (Wildman–Crippen MR) is 83.1 cm³/mol. The van der Waals surface area contributed by atoms with E-state index in [0.717, 1.165) is 19.6 Å². The lowest BCUT2D eigenvalue weighted by molar-refractivity contribution is 0.00603. The Kier molecular flexibility index (Phi) is 3.99. The van der Waals surface area contributed by atoms with E-state index in [1.165, 1.54) is 31.4 Å². The molecule has 0 aromatic heterocycles. The zero-order valence-electron chi connectivity index (χ0n) is 12.5. The van der Waals surface area contributed by atoms with Crippen LogP contribution in [-0.4, -0.2) is 49.3 Å². The molecule has 1 heterocycles. The molecule has 1 atom stereocenters. The Morgan fingerprint density at radius 1 is 1.30 bits per heavy atom. The topological polar surface area (TPSA) is 26.7 Å². The normalized spacial score (nSPS) is 24.9. The molecule has 3 rings (SSSR count). The van der Waals surface area contributed by atoms with Crippen LogP contribution in [0.4, 0.5) is 5.69 Å². The van der Waals surface area contributed by atoms with Crippen molar-refractivity contribution in [1.29, 1.82) is 0 Å². The van der Waals surface area contributed by atoms with E-state index in [9.17, 15) is 5.11 Å². The number of aliphatic hydroxyl groups excluding tert-OH is 1. The van der Waals surface area contributed by atoms with Gasteiger partial charge in [-0.05, 0) is 38.4 Å². The Labute approximate surface area is 122 Å². The lowest BCUT2D eigenvalue weighted by Crippen LogP contribution is -2.47. The SMILES string of the molecule is CN(CC1(CO)CCC1)[C@H]1CCN(c2ccccc2)C1. The maximum absolute atomic E-state index is 9.62. The minimum atomic E-state index is 0.203. The van der Waals surface area contributed by atoms with Crippen LogP contribution in [0.3, 0.4) is 0 Å². The van der Waals surface area contributed by atoms with Gasteiger partial charge in [0.1, 0.15) is 0 Å². The molecule has 0 radical (unpaired) electrons. The molecule has 0 unspecified atom stereocenters. The van der Waals surface area contributed by atoms with E-state index < -0.39 is 0 Å². The molecule has 2 aliphatic rings. The van der Waals surface area contributed by atoms with E-state index in [2.05, 4.69) is 47.2 Å². The average Bonchev–Trinajstić information content (AvgIpc) is 2.93. The molecule has 1 aromatic rings. The van der Waals surface area contributed by atoms with Crippen molar-refractivity contribution in [2.24, 2.45) is 5.41 Å². The second-order valence-electron chi connectivity index (χ2n) is 6.65. The molecular formula is C17H26N2O. The van der Waals surface area contributed by atoms with Gasteiger partial charge in [0, 0.05) is 43.4 Å². The van der Waals surface area contributed by atoms with Gasteiger partial charge in [0.05, 0.1) is 0 Å². The van der Waals surface area contributed by atoms with Crippen LogP contribution in [0.15, 0.2) is 30.3 Å². The van der Waals surface area contributed by atoms with E-state index in [4.69, 9.17) is 0 Å². The average molecular weight is 274 g/mol. The monoisotopic (exact) mass is 274 g/mol. The van der Waals surface area contributed by atoms with Crippen molar-refractivity contribution in [3.63, 3.8) is 0 Å². The number of aliphatic hydroxyl groups is 1. The fourth-order valence-electron chi connectivity index (χ4n) is 3.68. The second kappa shape index (κ2) is 5.74. The largest absolute Gasteiger partial charge is 0.396 e. The fraction of sp³-hybridized carbons (Fsp3) is 0.647. The number of hydrogen-bond acceptors (Lipinski definition) is 3. The van der Waals surface area contributed by atoms with Gasteiger partial charge in [-0.2, -0.15) is 0 Å². The number of likely N-dealkylation sites (N-methyl/N-ethyl adjacent to an activating group) is 1. The number of benzene rings is 1. The Hall–Kier alpha value is -1.06. The highest BCUT2D eigenvalue weighted by Crippen LogP contribution is 2.41. The van der Waals surface area contributed by atoms with Gasteiger partial charge < -0.3 is 14.9 Å². The Bertz CT molecular complexity index is 424. The number of rotatable bonds is 5. The Balaban J connectivity index is 1.57. The third-order valence-corrected chi connectivity index (χ3v) is 5.24. The van der Waals surface area contributed by atoms with E-state index in [0.29, 0.717) is 12.6 Å². The molecule has 1 aromatic carbocycles. The minimum absolute atomic E-state index is 0.203. The number of hydrogen-bond donors (Lipinski definition) is 1. The van der Waals surface area contributed by atoms with Gasteiger partial charge in [-0.3, -0.25) is 0 Å². The Morgan fingerprint density at radius 2 is 2.05 bits per heavy atom. The van der Waals surface area contributed by atoms with E-state index >= 15 is 0 Å². The first-order chi connectivity index (χ1) is 9.72. The lowest BCUT2D eigenvalue weighted by atomic mass is 9.69. The zero-order chi connectivity index (χ0) is 14.0. The van der Waals surface area contributed by atoms with E-state index in [-0.39, 0.29) is 5.41 Å². The highest BCUT2D eigenvalue weighted by Gasteiger charge is 2.39. The van der Waals surface area contributed by atoms with Gasteiger partial charge in [-0.1, -0.05) is 24.6 Å². The fourth-order valence-corrected chi connectivity index (χ4v) is 3.68. The third kappa shape index (κ3) is 2.70. The summed E-state index contributed by atoms with van der Waals surface area (Å²) in [6.07, 6.45) is 4.91. The molecular weight excluding hydrogens is 248 g/mol. The molecule has 0 spiro atoms. The molecule has 20 heavy (non-hydrogen) atoms. The standard InChI is InChI=1S/C17H26N2O/c1-18(13-17(14-20)9-5-10-17)16-8-11-19(12-16)15-6-3-2-4-7-15/h2-4,6-7,16,20H,5,8-14H2,1H3/t16-/m0/s1. The van der Waals surface area contributed by atoms with Crippen LogP contribution in [0.2, 0.25) is 0 Å². The first-order valence-electron chi connectivity index (χ1n) is 7.84. The van der Waals surface area contributed by atoms with Crippen molar-refractivity contribution in [3.8, 4) is 0 Å². The van der Waals surface area contributed by atoms with Crippen molar-refractivity contribution in [2.45, 2.75) is 31.7 Å². The minimum Gasteiger partial charge on any atom is -0.396 e. The molecule has 3 nitrogen and oxygen atoms in total. The summed E-state index contributed by atoms with van der Waals surface area (Å²) in [4.78, 5) is 4.96. The molecule has 1 N–H and O–H groups in total. The molecule has 0 amide bonds. The highest BCUT2D eigenvalue weighted by molar-refractivity contribution is 5.47. The van der Waals surface area contributed by atoms with Gasteiger partial charge >= 0.3 is 0 Å². The summed E-state index contributed by atoms with van der Waals surface area (Å²) in [6, 6.07) is 11.3. The molecule has 0 bridgehead atoms. The van der Waals surface area contributed by atoms with Gasteiger partial charge in [0.2, 0.25) is 0 Å². The van der Waals surface area contributed by atoms with Crippen LogP contribution in [0.5, 0.6) is 0 Å². The summed E-state index contributed by atoms with van der Waals surface area (Å²) >= 11 is 0. The summed E-state index contributed by atoms with van der Waals surface area (Å²) in [5.74, 6) is 0. The van der Waals surface area contributed by atoms with Crippen LogP contribution in [0.1, 0.15) is 25.7 Å². The maximum atomic E-state index is 9.62. The van der Waals surface area contributed by atoms with E-state index in [1.54, 1.807) is 0 Å². The number of nitrogens with zero attached hydrogens (tertiary/aromatic N) is 2. The second-order valence-corrected chi connectivity index (χ2v) is 6.65. The van der Waals surface area contributed by atoms with Crippen LogP contribution in [-0.2, 0) is 0 Å². The van der Waals surface area contributed by atoms with Crippen molar-refractivity contribution in [3.05, 3.63) is 30.3 Å². The summed E-state index contributed by atoms with van der Waals surface area (Å²) in [5.41, 5.74) is 1.54. The third-order valence-electron chi connectivity index (χ3n) is 5.24. The maximum Gasteiger partial charge on any atom is 0.0499 e. The van der Waals surface area contributed by atoms with Crippen molar-refractivity contribution in [2.75, 3.05) is 38.2 Å². The summed E-state index contributed by atoms with van der Waals surface area (Å²) in [7, 11) is 2.23. The molecule has 1 aliphatic carbocycles. The molecule has 1 saturated carbocycles. The highest BCUT2D eigenvalue weighted by atomic mass is 16.3.